The number of benzene rings is 1. The first kappa shape index (κ1) is 16.1. The van der Waals surface area contributed by atoms with Crippen molar-refractivity contribution in [1.82, 2.24) is 0 Å². The molecule has 0 radical (unpaired) electrons. The molecule has 1 aromatic rings. The molecule has 0 aliphatic carbocycles. The van der Waals surface area contributed by atoms with Gasteiger partial charge in [0.2, 0.25) is 5.91 Å². The van der Waals surface area contributed by atoms with Gasteiger partial charge in [-0.3, -0.25) is 4.79 Å². The lowest BCUT2D eigenvalue weighted by molar-refractivity contribution is -0.116. The summed E-state index contributed by atoms with van der Waals surface area (Å²) in [7, 11) is 3.03. The molecular weight excluding hydrogens is 334 g/mol. The van der Waals surface area contributed by atoms with Gasteiger partial charge in [0.15, 0.2) is 0 Å². The maximum Gasteiger partial charge on any atom is 0.238 e. The summed E-state index contributed by atoms with van der Waals surface area (Å²) in [4.78, 5) is 11.7. The highest BCUT2D eigenvalue weighted by molar-refractivity contribution is 9.10. The van der Waals surface area contributed by atoms with Gasteiger partial charge in [-0.2, -0.15) is 0 Å². The second kappa shape index (κ2) is 7.01. The number of hydrogen-bond acceptors (Lipinski definition) is 3. The van der Waals surface area contributed by atoms with Crippen LogP contribution in [0.4, 0.5) is 5.69 Å². The number of ether oxygens (including phenoxy) is 2. The average molecular weight is 351 g/mol. The van der Waals surface area contributed by atoms with Gasteiger partial charge in [-0.05, 0) is 5.92 Å². The van der Waals surface area contributed by atoms with Crippen molar-refractivity contribution in [2.45, 2.75) is 18.7 Å². The van der Waals surface area contributed by atoms with Crippen LogP contribution in [0, 0.1) is 5.92 Å². The van der Waals surface area contributed by atoms with Gasteiger partial charge >= 0.3 is 0 Å². The SMILES string of the molecule is COc1cc(NC(=O)C(Br)C(C)C)c(OC)cc1Cl. The Balaban J connectivity index is 3.02. The molecule has 1 aromatic carbocycles. The maximum absolute atomic E-state index is 12.0. The molecule has 106 valence electrons. The maximum atomic E-state index is 12.0. The Bertz CT molecular complexity index is 465. The van der Waals surface area contributed by atoms with Gasteiger partial charge < -0.3 is 14.8 Å². The highest BCUT2D eigenvalue weighted by atomic mass is 79.9. The number of alkyl halides is 1. The summed E-state index contributed by atoms with van der Waals surface area (Å²) in [6.45, 7) is 3.91. The first-order valence-corrected chi connectivity index (χ1v) is 7.06. The van der Waals surface area contributed by atoms with E-state index in [0.717, 1.165) is 0 Å². The van der Waals surface area contributed by atoms with E-state index in [9.17, 15) is 4.79 Å². The molecule has 1 atom stereocenters. The third kappa shape index (κ3) is 4.01. The van der Waals surface area contributed by atoms with Gasteiger partial charge in [0, 0.05) is 12.1 Å². The van der Waals surface area contributed by atoms with Crippen molar-refractivity contribution >= 4 is 39.1 Å². The van der Waals surface area contributed by atoms with Crippen LogP contribution < -0.4 is 14.8 Å². The van der Waals surface area contributed by atoms with Gasteiger partial charge in [-0.15, -0.1) is 0 Å². The molecule has 19 heavy (non-hydrogen) atoms. The minimum absolute atomic E-state index is 0.141. The average Bonchev–Trinajstić information content (AvgIpc) is 2.38. The number of hydrogen-bond donors (Lipinski definition) is 1. The number of anilines is 1. The second-order valence-electron chi connectivity index (χ2n) is 4.32. The first-order valence-electron chi connectivity index (χ1n) is 5.77. The zero-order valence-electron chi connectivity index (χ0n) is 11.3. The predicted octanol–water partition coefficient (Wildman–Crippen LogP) is 3.72. The van der Waals surface area contributed by atoms with Crippen molar-refractivity contribution in [3.05, 3.63) is 17.2 Å². The van der Waals surface area contributed by atoms with Gasteiger partial charge in [0.25, 0.3) is 0 Å². The summed E-state index contributed by atoms with van der Waals surface area (Å²) in [6.07, 6.45) is 0. The number of rotatable bonds is 5. The first-order chi connectivity index (χ1) is 8.90. The molecule has 4 nitrogen and oxygen atoms in total. The van der Waals surface area contributed by atoms with E-state index in [1.54, 1.807) is 12.1 Å². The molecule has 0 fully saturated rings. The van der Waals surface area contributed by atoms with E-state index in [0.29, 0.717) is 22.2 Å². The molecular formula is C13H17BrClNO3. The zero-order valence-corrected chi connectivity index (χ0v) is 13.6. The van der Waals surface area contributed by atoms with E-state index in [1.165, 1.54) is 14.2 Å². The number of methoxy groups -OCH3 is 2. The van der Waals surface area contributed by atoms with Crippen LogP contribution in [-0.4, -0.2) is 25.0 Å². The van der Waals surface area contributed by atoms with E-state index < -0.39 is 0 Å². The van der Waals surface area contributed by atoms with Gasteiger partial charge in [0.05, 0.1) is 29.8 Å². The Kier molecular flexibility index (Phi) is 5.94. The lowest BCUT2D eigenvalue weighted by atomic mass is 10.1. The van der Waals surface area contributed by atoms with Crippen LogP contribution in [0.2, 0.25) is 5.02 Å². The Hall–Kier alpha value is -0.940. The molecule has 0 spiro atoms. The fraction of sp³-hybridized carbons (Fsp3) is 0.462. The zero-order chi connectivity index (χ0) is 14.6. The van der Waals surface area contributed by atoms with E-state index in [2.05, 4.69) is 21.2 Å². The van der Waals surface area contributed by atoms with Crippen molar-refractivity contribution in [3.8, 4) is 11.5 Å². The Morgan fingerprint density at radius 1 is 1.26 bits per heavy atom. The highest BCUT2D eigenvalue weighted by Crippen LogP contribution is 2.36. The second-order valence-corrected chi connectivity index (χ2v) is 5.72. The van der Waals surface area contributed by atoms with E-state index in [4.69, 9.17) is 21.1 Å². The van der Waals surface area contributed by atoms with Crippen LogP contribution in [0.1, 0.15) is 13.8 Å². The van der Waals surface area contributed by atoms with Crippen molar-refractivity contribution in [3.63, 3.8) is 0 Å². The van der Waals surface area contributed by atoms with Crippen LogP contribution in [0.5, 0.6) is 11.5 Å². The molecule has 0 heterocycles. The van der Waals surface area contributed by atoms with Crippen LogP contribution in [0.15, 0.2) is 12.1 Å². The van der Waals surface area contributed by atoms with Gasteiger partial charge in [-0.1, -0.05) is 41.4 Å². The molecule has 1 amide bonds. The number of carbonyl (C=O) groups excluding carboxylic acids is 1. The van der Waals surface area contributed by atoms with Crippen molar-refractivity contribution in [2.75, 3.05) is 19.5 Å². The number of carbonyl (C=O) groups is 1. The highest BCUT2D eigenvalue weighted by Gasteiger charge is 2.20. The standard InChI is InChI=1S/C13H17BrClNO3/c1-7(2)12(14)13(17)16-9-6-10(18-3)8(15)5-11(9)19-4/h5-7,12H,1-4H3,(H,16,17). The molecule has 0 aliphatic rings. The molecule has 6 heteroatoms. The Morgan fingerprint density at radius 2 is 1.84 bits per heavy atom. The van der Waals surface area contributed by atoms with Gasteiger partial charge in [-0.25, -0.2) is 0 Å². The molecule has 1 N–H and O–H groups in total. The van der Waals surface area contributed by atoms with Crippen LogP contribution in [0.3, 0.4) is 0 Å². The fourth-order valence-electron chi connectivity index (χ4n) is 1.46. The fourth-order valence-corrected chi connectivity index (χ4v) is 1.81. The van der Waals surface area contributed by atoms with E-state index in [1.807, 2.05) is 13.8 Å². The predicted molar refractivity (Wildman–Crippen MR) is 80.7 cm³/mol. The molecule has 0 aliphatic heterocycles. The summed E-state index contributed by atoms with van der Waals surface area (Å²) in [5.41, 5.74) is 0.527. The quantitative estimate of drug-likeness (QED) is 0.823. The third-order valence-electron chi connectivity index (χ3n) is 2.57. The summed E-state index contributed by atoms with van der Waals surface area (Å²) < 4.78 is 10.3. The van der Waals surface area contributed by atoms with Crippen LogP contribution in [-0.2, 0) is 4.79 Å². The van der Waals surface area contributed by atoms with Gasteiger partial charge in [0.1, 0.15) is 11.5 Å². The smallest absolute Gasteiger partial charge is 0.238 e. The summed E-state index contributed by atoms with van der Waals surface area (Å²) in [5, 5.41) is 3.22. The van der Waals surface area contributed by atoms with E-state index >= 15 is 0 Å². The van der Waals surface area contributed by atoms with E-state index in [-0.39, 0.29) is 16.7 Å². The number of halogens is 2. The van der Waals surface area contributed by atoms with Crippen molar-refractivity contribution in [1.29, 1.82) is 0 Å². The van der Waals surface area contributed by atoms with Crippen LogP contribution in [0.25, 0.3) is 0 Å². The minimum atomic E-state index is -0.279. The topological polar surface area (TPSA) is 47.6 Å². The number of nitrogens with one attached hydrogen (secondary N) is 1. The monoisotopic (exact) mass is 349 g/mol. The largest absolute Gasteiger partial charge is 0.495 e. The lowest BCUT2D eigenvalue weighted by Gasteiger charge is -2.16. The molecule has 0 bridgehead atoms. The van der Waals surface area contributed by atoms with Crippen LogP contribution >= 0.6 is 27.5 Å². The number of amides is 1. The summed E-state index contributed by atoms with van der Waals surface area (Å²) >= 11 is 9.35. The Labute approximate surface area is 126 Å². The molecule has 0 saturated carbocycles. The molecule has 1 unspecified atom stereocenters. The lowest BCUT2D eigenvalue weighted by Crippen LogP contribution is -2.27. The third-order valence-corrected chi connectivity index (χ3v) is 4.34. The molecule has 0 saturated heterocycles. The molecule has 1 rings (SSSR count). The normalized spacial score (nSPS) is 12.2. The molecule has 0 aromatic heterocycles. The summed E-state index contributed by atoms with van der Waals surface area (Å²) in [6, 6.07) is 3.24. The minimum Gasteiger partial charge on any atom is -0.495 e. The van der Waals surface area contributed by atoms with Crippen molar-refractivity contribution < 1.29 is 14.3 Å². The summed E-state index contributed by atoms with van der Waals surface area (Å²) in [5.74, 6) is 1.01. The Morgan fingerprint density at radius 3 is 2.32 bits per heavy atom. The van der Waals surface area contributed by atoms with Crippen molar-refractivity contribution in [2.24, 2.45) is 5.92 Å².